The molecule has 4 heteroatoms. The topological polar surface area (TPSA) is 48.7 Å². The van der Waals surface area contributed by atoms with Gasteiger partial charge in [0.2, 0.25) is 0 Å². The summed E-state index contributed by atoms with van der Waals surface area (Å²) in [5.74, 6) is 1.41. The van der Waals surface area contributed by atoms with E-state index in [2.05, 4.69) is 13.0 Å². The van der Waals surface area contributed by atoms with E-state index < -0.39 is 0 Å². The fourth-order valence-corrected chi connectivity index (χ4v) is 3.45. The third-order valence-electron chi connectivity index (χ3n) is 5.17. The van der Waals surface area contributed by atoms with E-state index in [0.717, 1.165) is 27.8 Å². The zero-order valence-corrected chi connectivity index (χ0v) is 16.7. The molecule has 0 aliphatic rings. The van der Waals surface area contributed by atoms with E-state index in [4.69, 9.17) is 13.9 Å². The van der Waals surface area contributed by atoms with Crippen LogP contribution in [0.4, 0.5) is 0 Å². The van der Waals surface area contributed by atoms with Crippen LogP contribution in [0.3, 0.4) is 0 Å². The van der Waals surface area contributed by atoms with E-state index in [-0.39, 0.29) is 5.63 Å². The van der Waals surface area contributed by atoms with Gasteiger partial charge in [-0.15, -0.1) is 0 Å². The van der Waals surface area contributed by atoms with E-state index in [1.54, 1.807) is 13.2 Å². The second-order valence-electron chi connectivity index (χ2n) is 6.99. The molecule has 0 radical (unpaired) electrons. The minimum absolute atomic E-state index is 0.365. The van der Waals surface area contributed by atoms with Crippen molar-refractivity contribution >= 4 is 11.0 Å². The minimum atomic E-state index is -0.365. The molecule has 4 nitrogen and oxygen atoms in total. The van der Waals surface area contributed by atoms with Crippen molar-refractivity contribution in [3.8, 4) is 22.6 Å². The molecule has 1 aromatic heterocycles. The van der Waals surface area contributed by atoms with Crippen LogP contribution in [0.15, 0.2) is 75.9 Å². The summed E-state index contributed by atoms with van der Waals surface area (Å²) in [4.78, 5) is 12.7. The van der Waals surface area contributed by atoms with Crippen molar-refractivity contribution in [2.24, 2.45) is 0 Å². The number of hydrogen-bond acceptors (Lipinski definition) is 4. The molecule has 3 aromatic carbocycles. The molecule has 146 valence electrons. The lowest BCUT2D eigenvalue weighted by Gasteiger charge is -2.11. The highest BCUT2D eigenvalue weighted by molar-refractivity contribution is 5.87. The van der Waals surface area contributed by atoms with Crippen LogP contribution in [0.25, 0.3) is 22.1 Å². The summed E-state index contributed by atoms with van der Waals surface area (Å²) in [5, 5.41) is 0.888. The maximum atomic E-state index is 12.7. The van der Waals surface area contributed by atoms with Gasteiger partial charge in [0.05, 0.1) is 12.7 Å². The average molecular weight is 386 g/mol. The molecule has 0 aliphatic carbocycles. The smallest absolute Gasteiger partial charge is 0.344 e. The molecule has 0 fully saturated rings. The Morgan fingerprint density at radius 1 is 0.897 bits per heavy atom. The first-order valence-electron chi connectivity index (χ1n) is 9.46. The van der Waals surface area contributed by atoms with Gasteiger partial charge in [0.25, 0.3) is 0 Å². The van der Waals surface area contributed by atoms with Gasteiger partial charge >= 0.3 is 5.63 Å². The maximum absolute atomic E-state index is 12.7. The minimum Gasteiger partial charge on any atom is -0.497 e. The van der Waals surface area contributed by atoms with Crippen molar-refractivity contribution in [2.45, 2.75) is 20.5 Å². The van der Waals surface area contributed by atoms with Crippen molar-refractivity contribution in [1.29, 1.82) is 0 Å². The van der Waals surface area contributed by atoms with E-state index in [1.165, 1.54) is 5.56 Å². The molecule has 0 saturated heterocycles. The third kappa shape index (κ3) is 3.74. The van der Waals surface area contributed by atoms with Crippen molar-refractivity contribution in [3.05, 3.63) is 93.8 Å². The van der Waals surface area contributed by atoms with Gasteiger partial charge < -0.3 is 13.9 Å². The highest BCUT2D eigenvalue weighted by Crippen LogP contribution is 2.30. The van der Waals surface area contributed by atoms with Crippen molar-refractivity contribution in [1.82, 2.24) is 0 Å². The first kappa shape index (κ1) is 18.8. The number of benzene rings is 3. The zero-order chi connectivity index (χ0) is 20.4. The molecule has 0 N–H and O–H groups in total. The number of methoxy groups -OCH3 is 1. The van der Waals surface area contributed by atoms with Gasteiger partial charge in [0, 0.05) is 11.5 Å². The van der Waals surface area contributed by atoms with E-state index in [1.807, 2.05) is 61.5 Å². The normalized spacial score (nSPS) is 10.9. The number of hydrogen-bond donors (Lipinski definition) is 0. The second-order valence-corrected chi connectivity index (χ2v) is 6.99. The quantitative estimate of drug-likeness (QED) is 0.415. The molecular formula is C25H22O4. The third-order valence-corrected chi connectivity index (χ3v) is 5.17. The standard InChI is InChI=1S/C25H22O4/c1-16-6-4-5-7-19(16)15-28-21-12-13-22-17(2)24(25(26)29-23(22)14-21)18-8-10-20(27-3)11-9-18/h4-14H,15H2,1-3H3. The zero-order valence-electron chi connectivity index (χ0n) is 16.7. The van der Waals surface area contributed by atoms with Gasteiger partial charge in [-0.05, 0) is 60.4 Å². The number of ether oxygens (including phenoxy) is 2. The maximum Gasteiger partial charge on any atom is 0.344 e. The molecular weight excluding hydrogens is 364 g/mol. The van der Waals surface area contributed by atoms with Gasteiger partial charge in [-0.25, -0.2) is 4.79 Å². The SMILES string of the molecule is COc1ccc(-c2c(C)c3ccc(OCc4ccccc4C)cc3oc2=O)cc1. The summed E-state index contributed by atoms with van der Waals surface area (Å²) < 4.78 is 16.8. The highest BCUT2D eigenvalue weighted by Gasteiger charge is 2.14. The lowest BCUT2D eigenvalue weighted by Crippen LogP contribution is -2.06. The molecule has 0 amide bonds. The Balaban J connectivity index is 1.68. The summed E-state index contributed by atoms with van der Waals surface area (Å²) in [6.45, 7) is 4.46. The fourth-order valence-electron chi connectivity index (χ4n) is 3.45. The second kappa shape index (κ2) is 7.84. The lowest BCUT2D eigenvalue weighted by atomic mass is 9.99. The van der Waals surface area contributed by atoms with Gasteiger partial charge in [0.1, 0.15) is 23.7 Å². The average Bonchev–Trinajstić information content (AvgIpc) is 2.73. The van der Waals surface area contributed by atoms with Gasteiger partial charge in [-0.2, -0.15) is 0 Å². The van der Waals surface area contributed by atoms with Crippen LogP contribution in [-0.4, -0.2) is 7.11 Å². The number of fused-ring (bicyclic) bond motifs is 1. The Morgan fingerprint density at radius 2 is 1.62 bits per heavy atom. The van der Waals surface area contributed by atoms with Crippen LogP contribution in [0.5, 0.6) is 11.5 Å². The largest absolute Gasteiger partial charge is 0.497 e. The van der Waals surface area contributed by atoms with E-state index in [9.17, 15) is 4.79 Å². The molecule has 0 saturated carbocycles. The summed E-state index contributed by atoms with van der Waals surface area (Å²) in [6.07, 6.45) is 0. The van der Waals surface area contributed by atoms with Crippen LogP contribution in [-0.2, 0) is 6.61 Å². The Bertz CT molecular complexity index is 1220. The van der Waals surface area contributed by atoms with Crippen molar-refractivity contribution in [2.75, 3.05) is 7.11 Å². The number of rotatable bonds is 5. The molecule has 0 bridgehead atoms. The van der Waals surface area contributed by atoms with Crippen LogP contribution >= 0.6 is 0 Å². The molecule has 0 unspecified atom stereocenters. The Kier molecular flexibility index (Phi) is 5.09. The number of aryl methyl sites for hydroxylation is 2. The first-order valence-corrected chi connectivity index (χ1v) is 9.46. The first-order chi connectivity index (χ1) is 14.1. The van der Waals surface area contributed by atoms with E-state index in [0.29, 0.717) is 23.5 Å². The molecule has 0 spiro atoms. The Labute approximate surface area is 169 Å². The molecule has 0 aliphatic heterocycles. The Hall–Kier alpha value is -3.53. The van der Waals surface area contributed by atoms with Crippen molar-refractivity contribution < 1.29 is 13.9 Å². The van der Waals surface area contributed by atoms with Crippen molar-refractivity contribution in [3.63, 3.8) is 0 Å². The summed E-state index contributed by atoms with van der Waals surface area (Å²) in [6, 6.07) is 21.1. The summed E-state index contributed by atoms with van der Waals surface area (Å²) in [7, 11) is 1.61. The molecule has 1 heterocycles. The van der Waals surface area contributed by atoms with Gasteiger partial charge in [-0.1, -0.05) is 36.4 Å². The van der Waals surface area contributed by atoms with Crippen LogP contribution in [0.2, 0.25) is 0 Å². The van der Waals surface area contributed by atoms with Crippen LogP contribution < -0.4 is 15.1 Å². The summed E-state index contributed by atoms with van der Waals surface area (Å²) in [5.41, 5.74) is 4.71. The monoisotopic (exact) mass is 386 g/mol. The predicted molar refractivity (Wildman–Crippen MR) is 115 cm³/mol. The Morgan fingerprint density at radius 3 is 2.34 bits per heavy atom. The van der Waals surface area contributed by atoms with Gasteiger partial charge in [0.15, 0.2) is 0 Å². The summed E-state index contributed by atoms with van der Waals surface area (Å²) >= 11 is 0. The molecule has 29 heavy (non-hydrogen) atoms. The fraction of sp³-hybridized carbons (Fsp3) is 0.160. The molecule has 4 rings (SSSR count). The lowest BCUT2D eigenvalue weighted by molar-refractivity contribution is 0.305. The highest BCUT2D eigenvalue weighted by atomic mass is 16.5. The van der Waals surface area contributed by atoms with E-state index >= 15 is 0 Å². The molecule has 4 aromatic rings. The van der Waals surface area contributed by atoms with Crippen LogP contribution in [0, 0.1) is 13.8 Å². The predicted octanol–water partition coefficient (Wildman–Crippen LogP) is 5.66. The van der Waals surface area contributed by atoms with Gasteiger partial charge in [-0.3, -0.25) is 0 Å². The molecule has 0 atom stereocenters. The van der Waals surface area contributed by atoms with Crippen LogP contribution in [0.1, 0.15) is 16.7 Å².